The fourth-order valence-corrected chi connectivity index (χ4v) is 3.07. The Morgan fingerprint density at radius 3 is 2.96 bits per heavy atom. The SMILES string of the molecule is C[C@@H]1CN(Cc2ccc(-c3ccc([N+](=O)[O-])cc3Cl)o2)CCN1. The molecule has 0 aliphatic carbocycles. The lowest BCUT2D eigenvalue weighted by molar-refractivity contribution is -0.384. The molecule has 122 valence electrons. The number of rotatable bonds is 4. The van der Waals surface area contributed by atoms with Crippen molar-refractivity contribution in [2.45, 2.75) is 19.5 Å². The van der Waals surface area contributed by atoms with Crippen LogP contribution in [0.15, 0.2) is 34.7 Å². The number of furan rings is 1. The molecule has 3 rings (SSSR count). The highest BCUT2D eigenvalue weighted by Gasteiger charge is 2.18. The fourth-order valence-electron chi connectivity index (χ4n) is 2.80. The molecule has 0 bridgehead atoms. The molecule has 1 N–H and O–H groups in total. The first-order chi connectivity index (χ1) is 11.0. The maximum Gasteiger partial charge on any atom is 0.270 e. The molecule has 1 fully saturated rings. The van der Waals surface area contributed by atoms with Gasteiger partial charge < -0.3 is 9.73 Å². The Labute approximate surface area is 139 Å². The lowest BCUT2D eigenvalue weighted by atomic mass is 10.1. The normalized spacial score (nSPS) is 19.0. The minimum absolute atomic E-state index is 0.0275. The third-order valence-electron chi connectivity index (χ3n) is 3.92. The molecular weight excluding hydrogens is 318 g/mol. The first-order valence-corrected chi connectivity index (χ1v) is 7.89. The van der Waals surface area contributed by atoms with Crippen LogP contribution in [0.5, 0.6) is 0 Å². The summed E-state index contributed by atoms with van der Waals surface area (Å²) in [6.07, 6.45) is 0. The second kappa shape index (κ2) is 6.70. The maximum atomic E-state index is 10.8. The van der Waals surface area contributed by atoms with Crippen molar-refractivity contribution in [2.75, 3.05) is 19.6 Å². The van der Waals surface area contributed by atoms with Crippen molar-refractivity contribution in [3.63, 3.8) is 0 Å². The number of piperazine rings is 1. The number of nitro benzene ring substituents is 1. The lowest BCUT2D eigenvalue weighted by Crippen LogP contribution is -2.48. The second-order valence-corrected chi connectivity index (χ2v) is 6.18. The smallest absolute Gasteiger partial charge is 0.270 e. The van der Waals surface area contributed by atoms with Crippen LogP contribution in [0.2, 0.25) is 5.02 Å². The van der Waals surface area contributed by atoms with Gasteiger partial charge in [-0.1, -0.05) is 11.6 Å². The van der Waals surface area contributed by atoms with E-state index in [1.807, 2.05) is 12.1 Å². The number of nitrogens with zero attached hydrogens (tertiary/aromatic N) is 2. The Hall–Kier alpha value is -1.89. The highest BCUT2D eigenvalue weighted by molar-refractivity contribution is 6.33. The van der Waals surface area contributed by atoms with Gasteiger partial charge in [-0.05, 0) is 25.1 Å². The van der Waals surface area contributed by atoms with Crippen molar-refractivity contribution >= 4 is 17.3 Å². The molecule has 7 heteroatoms. The quantitative estimate of drug-likeness (QED) is 0.685. The van der Waals surface area contributed by atoms with Crippen LogP contribution < -0.4 is 5.32 Å². The molecule has 0 amide bonds. The molecule has 1 aliphatic rings. The summed E-state index contributed by atoms with van der Waals surface area (Å²) < 4.78 is 5.87. The van der Waals surface area contributed by atoms with Crippen molar-refractivity contribution in [1.29, 1.82) is 0 Å². The van der Waals surface area contributed by atoms with Crippen LogP contribution in [-0.4, -0.2) is 35.5 Å². The summed E-state index contributed by atoms with van der Waals surface area (Å²) in [6.45, 7) is 5.85. The molecule has 0 saturated carbocycles. The molecule has 1 aromatic carbocycles. The number of halogens is 1. The van der Waals surface area contributed by atoms with Crippen molar-refractivity contribution in [2.24, 2.45) is 0 Å². The highest BCUT2D eigenvalue weighted by Crippen LogP contribution is 2.32. The van der Waals surface area contributed by atoms with E-state index in [2.05, 4.69) is 17.1 Å². The van der Waals surface area contributed by atoms with Crippen molar-refractivity contribution in [3.05, 3.63) is 51.2 Å². The summed E-state index contributed by atoms with van der Waals surface area (Å²) >= 11 is 6.15. The molecule has 0 spiro atoms. The van der Waals surface area contributed by atoms with E-state index in [9.17, 15) is 10.1 Å². The molecule has 0 unspecified atom stereocenters. The molecule has 2 aromatic rings. The van der Waals surface area contributed by atoms with Crippen LogP contribution in [0.3, 0.4) is 0 Å². The van der Waals surface area contributed by atoms with Gasteiger partial charge in [0.2, 0.25) is 0 Å². The summed E-state index contributed by atoms with van der Waals surface area (Å²) in [6, 6.07) is 8.66. The van der Waals surface area contributed by atoms with E-state index in [0.29, 0.717) is 22.4 Å². The lowest BCUT2D eigenvalue weighted by Gasteiger charge is -2.31. The Morgan fingerprint density at radius 1 is 1.43 bits per heavy atom. The van der Waals surface area contributed by atoms with Gasteiger partial charge in [0.05, 0.1) is 16.5 Å². The Bertz CT molecular complexity index is 716. The summed E-state index contributed by atoms with van der Waals surface area (Å²) in [5, 5.41) is 14.5. The van der Waals surface area contributed by atoms with Gasteiger partial charge in [-0.15, -0.1) is 0 Å². The zero-order chi connectivity index (χ0) is 16.4. The number of nitrogens with one attached hydrogen (secondary N) is 1. The van der Waals surface area contributed by atoms with Gasteiger partial charge in [0.1, 0.15) is 11.5 Å². The van der Waals surface area contributed by atoms with Crippen LogP contribution in [0.4, 0.5) is 5.69 Å². The number of hydrogen-bond acceptors (Lipinski definition) is 5. The molecular formula is C16H18ClN3O3. The summed E-state index contributed by atoms with van der Waals surface area (Å²) in [4.78, 5) is 12.6. The number of non-ortho nitro benzene ring substituents is 1. The first-order valence-electron chi connectivity index (χ1n) is 7.51. The monoisotopic (exact) mass is 335 g/mol. The highest BCUT2D eigenvalue weighted by atomic mass is 35.5. The molecule has 6 nitrogen and oxygen atoms in total. The van der Waals surface area contributed by atoms with Crippen molar-refractivity contribution in [1.82, 2.24) is 10.2 Å². The Morgan fingerprint density at radius 2 is 2.26 bits per heavy atom. The van der Waals surface area contributed by atoms with E-state index in [1.54, 1.807) is 6.07 Å². The topological polar surface area (TPSA) is 71.5 Å². The zero-order valence-electron chi connectivity index (χ0n) is 12.8. The first kappa shape index (κ1) is 16.0. The van der Waals surface area contributed by atoms with E-state index >= 15 is 0 Å². The van der Waals surface area contributed by atoms with E-state index < -0.39 is 4.92 Å². The third kappa shape index (κ3) is 3.72. The average Bonchev–Trinajstić information content (AvgIpc) is 2.95. The maximum absolute atomic E-state index is 10.8. The summed E-state index contributed by atoms with van der Waals surface area (Å²) in [5.41, 5.74) is 0.637. The van der Waals surface area contributed by atoms with Gasteiger partial charge in [-0.3, -0.25) is 15.0 Å². The van der Waals surface area contributed by atoms with Gasteiger partial charge in [0, 0.05) is 43.4 Å². The number of nitro groups is 1. The predicted octanol–water partition coefficient (Wildman–Crippen LogP) is 3.30. The van der Waals surface area contributed by atoms with Gasteiger partial charge in [-0.25, -0.2) is 0 Å². The van der Waals surface area contributed by atoms with Crippen LogP contribution >= 0.6 is 11.6 Å². The van der Waals surface area contributed by atoms with Crippen LogP contribution in [0.1, 0.15) is 12.7 Å². The zero-order valence-corrected chi connectivity index (χ0v) is 13.5. The molecule has 23 heavy (non-hydrogen) atoms. The van der Waals surface area contributed by atoms with Crippen molar-refractivity contribution < 1.29 is 9.34 Å². The van der Waals surface area contributed by atoms with E-state index in [0.717, 1.165) is 31.9 Å². The molecule has 0 radical (unpaired) electrons. The van der Waals surface area contributed by atoms with Gasteiger partial charge >= 0.3 is 0 Å². The second-order valence-electron chi connectivity index (χ2n) is 5.78. The summed E-state index contributed by atoms with van der Waals surface area (Å²) in [5.74, 6) is 1.49. The minimum Gasteiger partial charge on any atom is -0.460 e. The van der Waals surface area contributed by atoms with Crippen LogP contribution in [0.25, 0.3) is 11.3 Å². The molecule has 1 aromatic heterocycles. The average molecular weight is 336 g/mol. The minimum atomic E-state index is -0.464. The molecule has 2 heterocycles. The van der Waals surface area contributed by atoms with E-state index in [1.165, 1.54) is 12.1 Å². The molecule has 1 aliphatic heterocycles. The van der Waals surface area contributed by atoms with Crippen molar-refractivity contribution in [3.8, 4) is 11.3 Å². The van der Waals surface area contributed by atoms with Gasteiger partial charge in [0.25, 0.3) is 5.69 Å². The molecule has 1 atom stereocenters. The van der Waals surface area contributed by atoms with Crippen LogP contribution in [-0.2, 0) is 6.54 Å². The number of hydrogen-bond donors (Lipinski definition) is 1. The van der Waals surface area contributed by atoms with E-state index in [-0.39, 0.29) is 5.69 Å². The van der Waals surface area contributed by atoms with Gasteiger partial charge in [0.15, 0.2) is 0 Å². The van der Waals surface area contributed by atoms with Crippen LogP contribution in [0, 0.1) is 10.1 Å². The molecule has 1 saturated heterocycles. The Balaban J connectivity index is 1.75. The van der Waals surface area contributed by atoms with E-state index in [4.69, 9.17) is 16.0 Å². The standard InChI is InChI=1S/C16H18ClN3O3/c1-11-9-19(7-6-18-11)10-13-3-5-16(23-13)14-4-2-12(20(21)22)8-15(14)17/h2-5,8,11,18H,6-7,9-10H2,1H3/t11-/m1/s1. The Kier molecular flexibility index (Phi) is 4.66. The fraction of sp³-hybridized carbons (Fsp3) is 0.375. The largest absolute Gasteiger partial charge is 0.460 e. The number of benzene rings is 1. The third-order valence-corrected chi connectivity index (χ3v) is 4.24. The summed E-state index contributed by atoms with van der Waals surface area (Å²) in [7, 11) is 0. The predicted molar refractivity (Wildman–Crippen MR) is 88.6 cm³/mol. The van der Waals surface area contributed by atoms with Gasteiger partial charge in [-0.2, -0.15) is 0 Å².